The third-order valence-electron chi connectivity index (χ3n) is 2.80. The van der Waals surface area contributed by atoms with E-state index >= 15 is 0 Å². The molecular weight excluding hydrogens is 190 g/mol. The van der Waals surface area contributed by atoms with Crippen molar-refractivity contribution >= 4 is 0 Å². The Morgan fingerprint density at radius 3 is 3.13 bits per heavy atom. The monoisotopic (exact) mass is 207 g/mol. The maximum absolute atomic E-state index is 5.81. The molecule has 2 atom stereocenters. The van der Waals surface area contributed by atoms with E-state index in [1.54, 1.807) is 6.20 Å². The number of nitrogens with one attached hydrogen (secondary N) is 1. The van der Waals surface area contributed by atoms with E-state index in [0.717, 1.165) is 25.1 Å². The van der Waals surface area contributed by atoms with Crippen LogP contribution < -0.4 is 10.1 Å². The molecule has 0 aliphatic carbocycles. The van der Waals surface area contributed by atoms with E-state index in [0.29, 0.717) is 11.8 Å². The fourth-order valence-electron chi connectivity index (χ4n) is 1.77. The van der Waals surface area contributed by atoms with Gasteiger partial charge in [0, 0.05) is 12.6 Å². The fourth-order valence-corrected chi connectivity index (χ4v) is 1.77. The van der Waals surface area contributed by atoms with Gasteiger partial charge in [0.15, 0.2) is 0 Å². The Hall–Kier alpha value is -1.16. The Bertz CT molecular complexity index is 329. The molecule has 0 amide bonds. The molecule has 1 fully saturated rings. The van der Waals surface area contributed by atoms with Gasteiger partial charge in [0.1, 0.15) is 6.10 Å². The quantitative estimate of drug-likeness (QED) is 0.790. The summed E-state index contributed by atoms with van der Waals surface area (Å²) in [6.07, 6.45) is 3.11. The van der Waals surface area contributed by atoms with Crippen LogP contribution in [0, 0.1) is 12.8 Å². The van der Waals surface area contributed by atoms with Crippen molar-refractivity contribution in [2.75, 3.05) is 13.1 Å². The summed E-state index contributed by atoms with van der Waals surface area (Å²) in [6, 6.07) is 1.92. The molecule has 4 heteroatoms. The Balaban J connectivity index is 2.01. The van der Waals surface area contributed by atoms with Crippen LogP contribution in [-0.4, -0.2) is 29.4 Å². The highest BCUT2D eigenvalue weighted by atomic mass is 16.5. The van der Waals surface area contributed by atoms with Gasteiger partial charge in [0.25, 0.3) is 0 Å². The molecule has 1 aromatic heterocycles. The van der Waals surface area contributed by atoms with E-state index in [1.165, 1.54) is 0 Å². The van der Waals surface area contributed by atoms with Gasteiger partial charge in [-0.2, -0.15) is 5.10 Å². The van der Waals surface area contributed by atoms with Crippen molar-refractivity contribution in [3.05, 3.63) is 17.8 Å². The third-order valence-corrected chi connectivity index (χ3v) is 2.80. The SMILES string of the molecule is Cc1cnnc(OC2CNCCC2C)c1. The lowest BCUT2D eigenvalue weighted by atomic mass is 9.97. The summed E-state index contributed by atoms with van der Waals surface area (Å²) in [6.45, 7) is 6.19. The van der Waals surface area contributed by atoms with E-state index in [4.69, 9.17) is 4.74 Å². The summed E-state index contributed by atoms with van der Waals surface area (Å²) in [5, 5.41) is 11.2. The highest BCUT2D eigenvalue weighted by Gasteiger charge is 2.22. The molecule has 0 saturated carbocycles. The second-order valence-corrected chi connectivity index (χ2v) is 4.20. The number of rotatable bonds is 2. The molecule has 1 aromatic rings. The van der Waals surface area contributed by atoms with Gasteiger partial charge in [-0.05, 0) is 31.4 Å². The number of aromatic nitrogens is 2. The third kappa shape index (κ3) is 2.65. The number of ether oxygens (including phenoxy) is 1. The first kappa shape index (κ1) is 10.4. The van der Waals surface area contributed by atoms with Gasteiger partial charge in [0.05, 0.1) is 6.20 Å². The molecule has 2 unspecified atom stereocenters. The lowest BCUT2D eigenvalue weighted by molar-refractivity contribution is 0.108. The van der Waals surface area contributed by atoms with Crippen LogP contribution in [0.2, 0.25) is 0 Å². The van der Waals surface area contributed by atoms with E-state index < -0.39 is 0 Å². The van der Waals surface area contributed by atoms with E-state index in [2.05, 4.69) is 22.4 Å². The maximum Gasteiger partial charge on any atom is 0.233 e. The standard InChI is InChI=1S/C11H17N3O/c1-8-5-11(14-13-6-8)15-10-7-12-4-3-9(10)2/h5-6,9-10,12H,3-4,7H2,1-2H3. The highest BCUT2D eigenvalue weighted by Crippen LogP contribution is 2.17. The van der Waals surface area contributed by atoms with E-state index in [-0.39, 0.29) is 6.10 Å². The van der Waals surface area contributed by atoms with Crippen molar-refractivity contribution in [1.29, 1.82) is 0 Å². The number of hydrogen-bond acceptors (Lipinski definition) is 4. The fraction of sp³-hybridized carbons (Fsp3) is 0.636. The molecular formula is C11H17N3O. The van der Waals surface area contributed by atoms with Crippen molar-refractivity contribution in [3.63, 3.8) is 0 Å². The van der Waals surface area contributed by atoms with Gasteiger partial charge >= 0.3 is 0 Å². The first-order valence-corrected chi connectivity index (χ1v) is 5.42. The summed E-state index contributed by atoms with van der Waals surface area (Å²) in [7, 11) is 0. The zero-order chi connectivity index (χ0) is 10.7. The van der Waals surface area contributed by atoms with E-state index in [9.17, 15) is 0 Å². The largest absolute Gasteiger partial charge is 0.472 e. The molecule has 0 spiro atoms. The Morgan fingerprint density at radius 2 is 2.40 bits per heavy atom. The number of aryl methyl sites for hydroxylation is 1. The van der Waals surface area contributed by atoms with Gasteiger partial charge < -0.3 is 10.1 Å². The lowest BCUT2D eigenvalue weighted by Crippen LogP contribution is -2.43. The summed E-state index contributed by atoms with van der Waals surface area (Å²) in [4.78, 5) is 0. The second-order valence-electron chi connectivity index (χ2n) is 4.20. The van der Waals surface area contributed by atoms with Crippen molar-refractivity contribution in [2.45, 2.75) is 26.4 Å². The van der Waals surface area contributed by atoms with Crippen molar-refractivity contribution < 1.29 is 4.74 Å². The molecule has 0 aromatic carbocycles. The first-order chi connectivity index (χ1) is 7.25. The first-order valence-electron chi connectivity index (χ1n) is 5.42. The Labute approximate surface area is 90.1 Å². The van der Waals surface area contributed by atoms with Crippen LogP contribution in [0.4, 0.5) is 0 Å². The number of hydrogen-bond donors (Lipinski definition) is 1. The molecule has 1 aliphatic heterocycles. The molecule has 1 saturated heterocycles. The highest BCUT2D eigenvalue weighted by molar-refractivity contribution is 5.15. The molecule has 4 nitrogen and oxygen atoms in total. The van der Waals surface area contributed by atoms with Crippen LogP contribution in [0.3, 0.4) is 0 Å². The predicted octanol–water partition coefficient (Wildman–Crippen LogP) is 1.16. The van der Waals surface area contributed by atoms with Crippen LogP contribution in [0.1, 0.15) is 18.9 Å². The smallest absolute Gasteiger partial charge is 0.233 e. The zero-order valence-corrected chi connectivity index (χ0v) is 9.23. The summed E-state index contributed by atoms with van der Waals surface area (Å²) < 4.78 is 5.81. The number of nitrogens with zero attached hydrogens (tertiary/aromatic N) is 2. The Morgan fingerprint density at radius 1 is 1.53 bits per heavy atom. The second kappa shape index (κ2) is 4.57. The van der Waals surface area contributed by atoms with Crippen molar-refractivity contribution in [1.82, 2.24) is 15.5 Å². The summed E-state index contributed by atoms with van der Waals surface area (Å²) in [5.41, 5.74) is 1.08. The molecule has 82 valence electrons. The van der Waals surface area contributed by atoms with Crippen LogP contribution >= 0.6 is 0 Å². The van der Waals surface area contributed by atoms with Gasteiger partial charge in [0.2, 0.25) is 5.88 Å². The molecule has 2 heterocycles. The molecule has 0 radical (unpaired) electrons. The molecule has 1 N–H and O–H groups in total. The minimum Gasteiger partial charge on any atom is -0.472 e. The van der Waals surface area contributed by atoms with Gasteiger partial charge in [-0.1, -0.05) is 6.92 Å². The molecule has 0 bridgehead atoms. The minimum atomic E-state index is 0.217. The number of piperidine rings is 1. The predicted molar refractivity (Wildman–Crippen MR) is 57.8 cm³/mol. The maximum atomic E-state index is 5.81. The van der Waals surface area contributed by atoms with Crippen molar-refractivity contribution in [2.24, 2.45) is 5.92 Å². The molecule has 15 heavy (non-hydrogen) atoms. The average molecular weight is 207 g/mol. The molecule has 1 aliphatic rings. The minimum absolute atomic E-state index is 0.217. The topological polar surface area (TPSA) is 47.0 Å². The van der Waals surface area contributed by atoms with Crippen LogP contribution in [0.25, 0.3) is 0 Å². The Kier molecular flexibility index (Phi) is 3.16. The van der Waals surface area contributed by atoms with Crippen LogP contribution in [0.5, 0.6) is 5.88 Å². The van der Waals surface area contributed by atoms with Crippen molar-refractivity contribution in [3.8, 4) is 5.88 Å². The summed E-state index contributed by atoms with van der Waals surface area (Å²) in [5.74, 6) is 1.21. The molecule has 2 rings (SSSR count). The lowest BCUT2D eigenvalue weighted by Gasteiger charge is -2.29. The van der Waals surface area contributed by atoms with Gasteiger partial charge in [-0.25, -0.2) is 0 Å². The van der Waals surface area contributed by atoms with Crippen LogP contribution in [0.15, 0.2) is 12.3 Å². The van der Waals surface area contributed by atoms with E-state index in [1.807, 2.05) is 13.0 Å². The van der Waals surface area contributed by atoms with Crippen LogP contribution in [-0.2, 0) is 0 Å². The normalized spacial score (nSPS) is 26.3. The van der Waals surface area contributed by atoms with Gasteiger partial charge in [-0.15, -0.1) is 5.10 Å². The average Bonchev–Trinajstić information content (AvgIpc) is 2.22. The summed E-state index contributed by atoms with van der Waals surface area (Å²) >= 11 is 0. The zero-order valence-electron chi connectivity index (χ0n) is 9.23. The van der Waals surface area contributed by atoms with Gasteiger partial charge in [-0.3, -0.25) is 0 Å².